The van der Waals surface area contributed by atoms with Crippen molar-refractivity contribution in [3.05, 3.63) is 101 Å². The van der Waals surface area contributed by atoms with Crippen LogP contribution in [0.5, 0.6) is 0 Å². The average Bonchev–Trinajstić information content (AvgIpc) is 2.88. The second-order valence-corrected chi connectivity index (χ2v) is 10.6. The van der Waals surface area contributed by atoms with Crippen LogP contribution in [0.3, 0.4) is 0 Å². The molecule has 0 N–H and O–H groups in total. The summed E-state index contributed by atoms with van der Waals surface area (Å²) in [5.74, 6) is -0.530. The molecule has 1 aliphatic heterocycles. The molecule has 7 nitrogen and oxygen atoms in total. The van der Waals surface area contributed by atoms with Gasteiger partial charge in [-0.3, -0.25) is 9.10 Å². The molecule has 3 aromatic rings. The number of rotatable bonds is 7. The molecule has 3 aromatic carbocycles. The molecule has 184 valence electrons. The first kappa shape index (κ1) is 24.8. The van der Waals surface area contributed by atoms with Crippen LogP contribution in [0.1, 0.15) is 27.6 Å². The van der Waals surface area contributed by atoms with Gasteiger partial charge in [0.2, 0.25) is 0 Å². The third-order valence-corrected chi connectivity index (χ3v) is 7.73. The lowest BCUT2D eigenvalue weighted by Gasteiger charge is -2.33. The molecule has 1 heterocycles. The first-order valence-electron chi connectivity index (χ1n) is 11.3. The number of hydrogen-bond donors (Lipinski definition) is 0. The van der Waals surface area contributed by atoms with Gasteiger partial charge in [0.1, 0.15) is 11.9 Å². The monoisotopic (exact) mass is 497 g/mol. The van der Waals surface area contributed by atoms with Crippen molar-refractivity contribution in [2.75, 3.05) is 38.1 Å². The summed E-state index contributed by atoms with van der Waals surface area (Å²) in [5, 5.41) is 0. The zero-order valence-corrected chi connectivity index (χ0v) is 20.5. The van der Waals surface area contributed by atoms with Gasteiger partial charge in [-0.05, 0) is 47.5 Å². The highest BCUT2D eigenvalue weighted by Crippen LogP contribution is 2.26. The van der Waals surface area contributed by atoms with Gasteiger partial charge in [0.25, 0.3) is 5.91 Å². The summed E-state index contributed by atoms with van der Waals surface area (Å²) in [6.45, 7) is 1.39. The average molecular weight is 498 g/mol. The third-order valence-electron chi connectivity index (χ3n) is 5.91. The Morgan fingerprint density at radius 1 is 1.00 bits per heavy atom. The maximum absolute atomic E-state index is 13.3. The van der Waals surface area contributed by atoms with Crippen molar-refractivity contribution in [3.63, 3.8) is 0 Å². The SMILES string of the molecule is CN(C)S(=O)(=O)N(Cc1ccc(F)cc1)c1ccc(C(=O)N2CCOC(c3ccccc3)C2)cc1. The Balaban J connectivity index is 1.54. The molecule has 35 heavy (non-hydrogen) atoms. The molecule has 1 unspecified atom stereocenters. The van der Waals surface area contributed by atoms with E-state index in [0.717, 1.165) is 9.87 Å². The quantitative estimate of drug-likeness (QED) is 0.497. The zero-order chi connectivity index (χ0) is 25.0. The first-order chi connectivity index (χ1) is 16.8. The second kappa shape index (κ2) is 10.6. The van der Waals surface area contributed by atoms with Gasteiger partial charge in [0, 0.05) is 26.2 Å². The Morgan fingerprint density at radius 3 is 2.29 bits per heavy atom. The van der Waals surface area contributed by atoms with E-state index in [0.29, 0.717) is 36.5 Å². The minimum atomic E-state index is -3.83. The standard InChI is InChI=1S/C26H28FN3O4S/c1-28(2)35(32,33)30(18-20-8-12-23(27)13-9-20)24-14-10-22(11-15-24)26(31)29-16-17-34-25(19-29)21-6-4-3-5-7-21/h3-15,25H,16-19H2,1-2H3. The van der Waals surface area contributed by atoms with Crippen LogP contribution in [0.2, 0.25) is 0 Å². The lowest BCUT2D eigenvalue weighted by atomic mass is 10.1. The van der Waals surface area contributed by atoms with E-state index in [1.54, 1.807) is 41.3 Å². The number of carbonyl (C=O) groups excluding carboxylic acids is 1. The third kappa shape index (κ3) is 5.70. The molecule has 1 atom stereocenters. The van der Waals surface area contributed by atoms with Gasteiger partial charge in [-0.15, -0.1) is 0 Å². The van der Waals surface area contributed by atoms with Gasteiger partial charge in [-0.2, -0.15) is 12.7 Å². The zero-order valence-electron chi connectivity index (χ0n) is 19.7. The number of nitrogens with zero attached hydrogens (tertiary/aromatic N) is 3. The minimum Gasteiger partial charge on any atom is -0.370 e. The lowest BCUT2D eigenvalue weighted by molar-refractivity contribution is -0.0228. The summed E-state index contributed by atoms with van der Waals surface area (Å²) in [6, 6.07) is 22.0. The molecule has 9 heteroatoms. The predicted octanol–water partition coefficient (Wildman–Crippen LogP) is 3.85. The second-order valence-electron chi connectivity index (χ2n) is 8.49. The van der Waals surface area contributed by atoms with Crippen LogP contribution >= 0.6 is 0 Å². The Kier molecular flexibility index (Phi) is 7.49. The van der Waals surface area contributed by atoms with Crippen molar-refractivity contribution < 1.29 is 22.3 Å². The maximum atomic E-state index is 13.3. The minimum absolute atomic E-state index is 0.0241. The largest absolute Gasteiger partial charge is 0.370 e. The molecule has 0 saturated carbocycles. The van der Waals surface area contributed by atoms with Crippen LogP contribution in [-0.2, 0) is 21.5 Å². The van der Waals surface area contributed by atoms with E-state index in [1.165, 1.54) is 30.5 Å². The molecule has 1 aliphatic rings. The van der Waals surface area contributed by atoms with E-state index in [1.807, 2.05) is 30.3 Å². The molecule has 0 aromatic heterocycles. The molecule has 0 bridgehead atoms. The lowest BCUT2D eigenvalue weighted by Crippen LogP contribution is -2.42. The number of morpholine rings is 1. The van der Waals surface area contributed by atoms with Crippen molar-refractivity contribution in [2.45, 2.75) is 12.6 Å². The topological polar surface area (TPSA) is 70.2 Å². The molecule has 1 amide bonds. The molecule has 0 radical (unpaired) electrons. The summed E-state index contributed by atoms with van der Waals surface area (Å²) in [6.07, 6.45) is -0.190. The predicted molar refractivity (Wildman–Crippen MR) is 133 cm³/mol. The van der Waals surface area contributed by atoms with Crippen molar-refractivity contribution >= 4 is 21.8 Å². The van der Waals surface area contributed by atoms with E-state index >= 15 is 0 Å². The number of hydrogen-bond acceptors (Lipinski definition) is 4. The Labute approximate surface area is 205 Å². The normalized spacial score (nSPS) is 16.3. The number of amides is 1. The number of ether oxygens (including phenoxy) is 1. The first-order valence-corrected chi connectivity index (χ1v) is 12.7. The fourth-order valence-corrected chi connectivity index (χ4v) is 5.01. The van der Waals surface area contributed by atoms with E-state index in [2.05, 4.69) is 0 Å². The fraction of sp³-hybridized carbons (Fsp3) is 0.269. The molecule has 0 aliphatic carbocycles. The van der Waals surface area contributed by atoms with E-state index < -0.39 is 16.0 Å². The van der Waals surface area contributed by atoms with Gasteiger partial charge in [-0.25, -0.2) is 4.39 Å². The van der Waals surface area contributed by atoms with Crippen molar-refractivity contribution in [2.24, 2.45) is 0 Å². The van der Waals surface area contributed by atoms with Crippen LogP contribution in [-0.4, -0.2) is 57.3 Å². The molecule has 4 rings (SSSR count). The molecule has 0 spiro atoms. The molecule has 1 fully saturated rings. The smallest absolute Gasteiger partial charge is 0.303 e. The summed E-state index contributed by atoms with van der Waals surface area (Å²) >= 11 is 0. The summed E-state index contributed by atoms with van der Waals surface area (Å²) < 4.78 is 47.6. The summed E-state index contributed by atoms with van der Waals surface area (Å²) in [7, 11) is -0.929. The van der Waals surface area contributed by atoms with Crippen LogP contribution in [0.4, 0.5) is 10.1 Å². The van der Waals surface area contributed by atoms with Crippen molar-refractivity contribution in [3.8, 4) is 0 Å². The fourth-order valence-electron chi connectivity index (χ4n) is 3.91. The summed E-state index contributed by atoms with van der Waals surface area (Å²) in [5.41, 5.74) is 2.53. The number of benzene rings is 3. The van der Waals surface area contributed by atoms with Gasteiger partial charge in [0.15, 0.2) is 0 Å². The van der Waals surface area contributed by atoms with E-state index in [4.69, 9.17) is 4.74 Å². The number of halogens is 1. The van der Waals surface area contributed by atoms with Crippen LogP contribution in [0, 0.1) is 5.82 Å². The number of anilines is 1. The van der Waals surface area contributed by atoms with Gasteiger partial charge >= 0.3 is 10.2 Å². The van der Waals surface area contributed by atoms with Gasteiger partial charge < -0.3 is 9.64 Å². The highest BCUT2D eigenvalue weighted by molar-refractivity contribution is 7.90. The highest BCUT2D eigenvalue weighted by Gasteiger charge is 2.28. The maximum Gasteiger partial charge on any atom is 0.303 e. The van der Waals surface area contributed by atoms with E-state index in [-0.39, 0.29) is 18.6 Å². The van der Waals surface area contributed by atoms with Crippen LogP contribution < -0.4 is 4.31 Å². The molecular formula is C26H28FN3O4S. The highest BCUT2D eigenvalue weighted by atomic mass is 32.2. The summed E-state index contributed by atoms with van der Waals surface area (Å²) in [4.78, 5) is 14.9. The molecule has 1 saturated heterocycles. The Morgan fingerprint density at radius 2 is 1.66 bits per heavy atom. The Hall–Kier alpha value is -3.27. The van der Waals surface area contributed by atoms with E-state index in [9.17, 15) is 17.6 Å². The number of carbonyl (C=O) groups is 1. The van der Waals surface area contributed by atoms with Crippen LogP contribution in [0.15, 0.2) is 78.9 Å². The van der Waals surface area contributed by atoms with Gasteiger partial charge in [-0.1, -0.05) is 42.5 Å². The van der Waals surface area contributed by atoms with Crippen LogP contribution in [0.25, 0.3) is 0 Å². The van der Waals surface area contributed by atoms with Crippen molar-refractivity contribution in [1.82, 2.24) is 9.21 Å². The van der Waals surface area contributed by atoms with Gasteiger partial charge in [0.05, 0.1) is 25.4 Å². The van der Waals surface area contributed by atoms with Crippen molar-refractivity contribution in [1.29, 1.82) is 0 Å². The Bertz CT molecular complexity index is 1250. The molecular weight excluding hydrogens is 469 g/mol.